The summed E-state index contributed by atoms with van der Waals surface area (Å²) in [7, 11) is 1.24. The number of halogens is 7. The van der Waals surface area contributed by atoms with Crippen LogP contribution in [0.5, 0.6) is 0 Å². The van der Waals surface area contributed by atoms with Gasteiger partial charge in [0.1, 0.15) is 11.6 Å². The van der Waals surface area contributed by atoms with E-state index in [0.717, 1.165) is 17.0 Å². The maximum absolute atomic E-state index is 14.0. The second kappa shape index (κ2) is 11.8. The van der Waals surface area contributed by atoms with Crippen molar-refractivity contribution in [1.29, 1.82) is 0 Å². The predicted octanol–water partition coefficient (Wildman–Crippen LogP) is 5.61. The number of carbonyl (C=O) groups is 2. The minimum atomic E-state index is -5.13. The fourth-order valence-corrected chi connectivity index (χ4v) is 5.27. The average Bonchev–Trinajstić information content (AvgIpc) is 3.35. The zero-order valence-electron chi connectivity index (χ0n) is 23.7. The molecule has 7 nitrogen and oxygen atoms in total. The smallest absolute Gasteiger partial charge is 0.394 e. The van der Waals surface area contributed by atoms with Gasteiger partial charge in [0.15, 0.2) is 6.29 Å². The molecule has 14 heteroatoms. The van der Waals surface area contributed by atoms with Crippen molar-refractivity contribution in [2.45, 2.75) is 50.2 Å². The number of benzene rings is 2. The van der Waals surface area contributed by atoms with Gasteiger partial charge in [-0.15, -0.1) is 0 Å². The third-order valence-corrected chi connectivity index (χ3v) is 7.71. The van der Waals surface area contributed by atoms with Gasteiger partial charge in [0.05, 0.1) is 47.2 Å². The molecule has 2 atom stereocenters. The summed E-state index contributed by atoms with van der Waals surface area (Å²) in [6.45, 7) is 2.12. The Balaban J connectivity index is 1.86. The van der Waals surface area contributed by atoms with Gasteiger partial charge >= 0.3 is 12.4 Å². The number of rotatable bonds is 7. The van der Waals surface area contributed by atoms with Crippen LogP contribution in [0.1, 0.15) is 47.3 Å². The lowest BCUT2D eigenvalue weighted by molar-refractivity contribution is -0.143. The Hall–Kier alpha value is -4.04. The third-order valence-electron chi connectivity index (χ3n) is 7.71. The molecule has 2 aromatic carbocycles. The molecule has 3 aromatic rings. The normalized spacial score (nSPS) is 17.6. The van der Waals surface area contributed by atoms with Crippen molar-refractivity contribution in [3.63, 3.8) is 0 Å². The van der Waals surface area contributed by atoms with Crippen LogP contribution < -0.4 is 9.80 Å². The summed E-state index contributed by atoms with van der Waals surface area (Å²) in [4.78, 5) is 32.7. The first-order valence-electron chi connectivity index (χ1n) is 13.3. The van der Waals surface area contributed by atoms with Crippen molar-refractivity contribution in [1.82, 2.24) is 4.98 Å². The van der Waals surface area contributed by atoms with E-state index in [1.54, 1.807) is 4.90 Å². The number of carbonyl (C=O) groups excluding carboxylic acids is 2. The standard InChI is InChI=1S/C30H28F7N3O4/c1-28(2,17-7-18(29(32,33)34)9-19(8-17)30(35,36)37)27(44)39(3)25-12-38-26(40-13-22(43)10-21(40)15-42)11-24(25)23-5-4-20(31)6-16(23)14-41/h4-9,11-12,14,21-22,42-43H,10,13,15H2,1-3H3/t21-,22-/m0/s1. The van der Waals surface area contributed by atoms with Gasteiger partial charge in [-0.05, 0) is 67.8 Å². The van der Waals surface area contributed by atoms with Gasteiger partial charge in [-0.1, -0.05) is 6.07 Å². The van der Waals surface area contributed by atoms with E-state index in [0.29, 0.717) is 18.4 Å². The summed E-state index contributed by atoms with van der Waals surface area (Å²) in [5.74, 6) is -1.42. The average molecular weight is 628 g/mol. The zero-order chi connectivity index (χ0) is 32.8. The van der Waals surface area contributed by atoms with Gasteiger partial charge < -0.3 is 20.0 Å². The quantitative estimate of drug-likeness (QED) is 0.261. The van der Waals surface area contributed by atoms with Gasteiger partial charge in [-0.25, -0.2) is 9.37 Å². The van der Waals surface area contributed by atoms with Crippen LogP contribution in [-0.2, 0) is 22.6 Å². The fraction of sp³-hybridized carbons (Fsp3) is 0.367. The summed E-state index contributed by atoms with van der Waals surface area (Å²) in [5.41, 5.74) is -5.45. The Labute approximate surface area is 247 Å². The second-order valence-electron chi connectivity index (χ2n) is 11.1. The van der Waals surface area contributed by atoms with Crippen LogP contribution in [0.25, 0.3) is 11.1 Å². The van der Waals surface area contributed by atoms with Gasteiger partial charge in [0, 0.05) is 24.7 Å². The first-order valence-corrected chi connectivity index (χ1v) is 13.3. The van der Waals surface area contributed by atoms with Crippen LogP contribution in [0.4, 0.5) is 42.2 Å². The van der Waals surface area contributed by atoms with E-state index in [9.17, 15) is 50.5 Å². The van der Waals surface area contributed by atoms with Gasteiger partial charge in [-0.2, -0.15) is 26.3 Å². The number of alkyl halides is 6. The van der Waals surface area contributed by atoms with E-state index < -0.39 is 58.3 Å². The van der Waals surface area contributed by atoms with Crippen LogP contribution in [0.2, 0.25) is 0 Å². The van der Waals surface area contributed by atoms with E-state index in [1.807, 2.05) is 0 Å². The summed E-state index contributed by atoms with van der Waals surface area (Å²) in [6.07, 6.45) is -9.22. The van der Waals surface area contributed by atoms with Gasteiger partial charge in [-0.3, -0.25) is 9.59 Å². The number of amides is 1. The summed E-state index contributed by atoms with van der Waals surface area (Å²) in [6, 6.07) is 5.17. The first kappa shape index (κ1) is 32.9. The van der Waals surface area contributed by atoms with E-state index in [4.69, 9.17) is 0 Å². The molecule has 0 unspecified atom stereocenters. The predicted molar refractivity (Wildman–Crippen MR) is 147 cm³/mol. The van der Waals surface area contributed by atoms with Crippen LogP contribution in [0.15, 0.2) is 48.7 Å². The van der Waals surface area contributed by atoms with Crippen LogP contribution >= 0.6 is 0 Å². The molecule has 2 heterocycles. The number of β-amino-alcohol motifs (C(OH)–C–C–N with tert-alkyl or cyclic N) is 1. The lowest BCUT2D eigenvalue weighted by atomic mass is 9.81. The molecule has 236 valence electrons. The fourth-order valence-electron chi connectivity index (χ4n) is 5.27. The number of nitrogens with zero attached hydrogens (tertiary/aromatic N) is 3. The number of aliphatic hydroxyl groups is 2. The molecule has 0 aliphatic carbocycles. The van der Waals surface area contributed by atoms with E-state index in [1.165, 1.54) is 39.2 Å². The van der Waals surface area contributed by atoms with E-state index >= 15 is 0 Å². The second-order valence-corrected chi connectivity index (χ2v) is 11.1. The largest absolute Gasteiger partial charge is 0.416 e. The lowest BCUT2D eigenvalue weighted by Gasteiger charge is -2.32. The maximum Gasteiger partial charge on any atom is 0.416 e. The molecular weight excluding hydrogens is 599 g/mol. The molecule has 1 aliphatic heterocycles. The number of anilines is 2. The van der Waals surface area contributed by atoms with Crippen LogP contribution in [0, 0.1) is 5.82 Å². The molecule has 1 fully saturated rings. The Morgan fingerprint density at radius 1 is 1.00 bits per heavy atom. The summed E-state index contributed by atoms with van der Waals surface area (Å²) in [5, 5.41) is 20.0. The van der Waals surface area contributed by atoms with Crippen molar-refractivity contribution >= 4 is 23.7 Å². The molecule has 44 heavy (non-hydrogen) atoms. The first-order chi connectivity index (χ1) is 20.4. The Kier molecular flexibility index (Phi) is 8.82. The summed E-state index contributed by atoms with van der Waals surface area (Å²) >= 11 is 0. The number of likely N-dealkylation sites (N-methyl/N-ethyl adjacent to an activating group) is 1. The Morgan fingerprint density at radius 3 is 2.14 bits per heavy atom. The summed E-state index contributed by atoms with van der Waals surface area (Å²) < 4.78 is 95.4. The highest BCUT2D eigenvalue weighted by molar-refractivity contribution is 6.04. The van der Waals surface area contributed by atoms with Gasteiger partial charge in [0.25, 0.3) is 0 Å². The zero-order valence-corrected chi connectivity index (χ0v) is 23.7. The minimum Gasteiger partial charge on any atom is -0.394 e. The molecule has 1 amide bonds. The highest BCUT2D eigenvalue weighted by Gasteiger charge is 2.41. The molecule has 2 N–H and O–H groups in total. The number of aldehydes is 1. The highest BCUT2D eigenvalue weighted by atomic mass is 19.4. The number of hydrogen-bond acceptors (Lipinski definition) is 6. The molecule has 0 spiro atoms. The number of aliphatic hydroxyl groups excluding tert-OH is 2. The highest BCUT2D eigenvalue weighted by Crippen LogP contribution is 2.41. The molecule has 1 saturated heterocycles. The van der Waals surface area contributed by atoms with Gasteiger partial charge in [0.2, 0.25) is 5.91 Å². The number of aromatic nitrogens is 1. The number of hydrogen-bond donors (Lipinski definition) is 2. The van der Waals surface area contributed by atoms with E-state index in [-0.39, 0.29) is 53.8 Å². The molecule has 4 rings (SSSR count). The Morgan fingerprint density at radius 2 is 1.59 bits per heavy atom. The molecular formula is C30H28F7N3O4. The molecule has 1 aromatic heterocycles. The van der Waals surface area contributed by atoms with Crippen LogP contribution in [-0.4, -0.2) is 59.7 Å². The topological polar surface area (TPSA) is 94.0 Å². The van der Waals surface area contributed by atoms with Crippen molar-refractivity contribution in [2.24, 2.45) is 0 Å². The van der Waals surface area contributed by atoms with Crippen molar-refractivity contribution in [2.75, 3.05) is 30.0 Å². The molecule has 0 bridgehead atoms. The molecule has 0 radical (unpaired) electrons. The minimum absolute atomic E-state index is 0.00449. The third kappa shape index (κ3) is 6.41. The van der Waals surface area contributed by atoms with Crippen molar-refractivity contribution < 1.29 is 50.5 Å². The maximum atomic E-state index is 14.0. The Bertz CT molecular complexity index is 1540. The lowest BCUT2D eigenvalue weighted by Crippen LogP contribution is -2.42. The number of pyridine rings is 1. The molecule has 0 saturated carbocycles. The monoisotopic (exact) mass is 627 g/mol. The van der Waals surface area contributed by atoms with E-state index in [2.05, 4.69) is 4.98 Å². The van der Waals surface area contributed by atoms with Crippen molar-refractivity contribution in [3.8, 4) is 11.1 Å². The van der Waals surface area contributed by atoms with Crippen molar-refractivity contribution in [3.05, 3.63) is 76.7 Å². The molecule has 1 aliphatic rings. The van der Waals surface area contributed by atoms with Crippen LogP contribution in [0.3, 0.4) is 0 Å². The SMILES string of the molecule is CN(C(=O)C(C)(C)c1cc(C(F)(F)F)cc(C(F)(F)F)c1)c1cnc(N2C[C@@H](O)C[C@H]2CO)cc1-c1ccc(F)cc1C=O.